The van der Waals surface area contributed by atoms with E-state index in [1.807, 2.05) is 25.1 Å². The number of nitriles is 1. The summed E-state index contributed by atoms with van der Waals surface area (Å²) in [4.78, 5) is 17.3. The summed E-state index contributed by atoms with van der Waals surface area (Å²) in [7, 11) is 0. The van der Waals surface area contributed by atoms with Crippen LogP contribution in [0.25, 0.3) is 16.9 Å². The van der Waals surface area contributed by atoms with E-state index in [4.69, 9.17) is 5.26 Å². The van der Waals surface area contributed by atoms with Crippen molar-refractivity contribution in [1.29, 1.82) is 5.26 Å². The third kappa shape index (κ3) is 4.88. The Morgan fingerprint density at radius 2 is 2.12 bits per heavy atom. The first-order valence-corrected chi connectivity index (χ1v) is 11.2. The van der Waals surface area contributed by atoms with E-state index in [-0.39, 0.29) is 12.1 Å². The third-order valence-electron chi connectivity index (χ3n) is 5.13. The molecule has 3 N–H and O–H groups in total. The highest BCUT2D eigenvalue weighted by Gasteiger charge is 2.27. The van der Waals surface area contributed by atoms with Crippen molar-refractivity contribution in [1.82, 2.24) is 24.3 Å². The summed E-state index contributed by atoms with van der Waals surface area (Å²) in [6.45, 7) is 4.19. The monoisotopic (exact) mass is 479 g/mol. The van der Waals surface area contributed by atoms with Gasteiger partial charge in [0.05, 0.1) is 57.8 Å². The van der Waals surface area contributed by atoms with Gasteiger partial charge in [-0.15, -0.1) is 0 Å². The first kappa shape index (κ1) is 23.3. The summed E-state index contributed by atoms with van der Waals surface area (Å²) >= 11 is 1.24. The van der Waals surface area contributed by atoms with Crippen LogP contribution in [0.5, 0.6) is 0 Å². The van der Waals surface area contributed by atoms with E-state index < -0.39 is 17.7 Å². The number of halogens is 1. The van der Waals surface area contributed by atoms with Gasteiger partial charge < -0.3 is 15.7 Å². The second-order valence-corrected chi connectivity index (χ2v) is 9.12. The number of hydrogen-bond acceptors (Lipinski definition) is 8. The summed E-state index contributed by atoms with van der Waals surface area (Å²) in [5.74, 6) is -0.536. The Kier molecular flexibility index (Phi) is 6.28. The largest absolute Gasteiger partial charge is 0.387 e. The molecule has 0 spiro atoms. The van der Waals surface area contributed by atoms with Gasteiger partial charge in [-0.1, -0.05) is 0 Å². The molecule has 0 bridgehead atoms. The molecule has 1 atom stereocenters. The zero-order chi connectivity index (χ0) is 24.5. The van der Waals surface area contributed by atoms with Crippen LogP contribution in [0.2, 0.25) is 0 Å². The number of pyridine rings is 1. The highest BCUT2D eigenvalue weighted by Crippen LogP contribution is 2.29. The number of aromatic nitrogens is 4. The maximum atomic E-state index is 14.2. The zero-order valence-electron chi connectivity index (χ0n) is 18.7. The minimum Gasteiger partial charge on any atom is -0.387 e. The van der Waals surface area contributed by atoms with Gasteiger partial charge in [0.15, 0.2) is 0 Å². The van der Waals surface area contributed by atoms with E-state index in [1.54, 1.807) is 16.6 Å². The summed E-state index contributed by atoms with van der Waals surface area (Å²) in [5, 5.41) is 29.7. The van der Waals surface area contributed by atoms with E-state index in [2.05, 4.69) is 31.2 Å². The number of alkyl halides is 1. The van der Waals surface area contributed by atoms with Crippen molar-refractivity contribution in [2.45, 2.75) is 32.5 Å². The Morgan fingerprint density at radius 3 is 2.79 bits per heavy atom. The normalized spacial score (nSPS) is 12.4. The summed E-state index contributed by atoms with van der Waals surface area (Å²) in [6, 6.07) is 11.0. The summed E-state index contributed by atoms with van der Waals surface area (Å²) < 4.78 is 20.1. The van der Waals surface area contributed by atoms with Crippen molar-refractivity contribution in [3.8, 4) is 17.5 Å². The molecule has 0 radical (unpaired) electrons. The van der Waals surface area contributed by atoms with Crippen molar-refractivity contribution < 1.29 is 14.3 Å². The Bertz CT molecular complexity index is 1400. The molecular formula is C23H22FN7O2S. The molecule has 1 amide bonds. The number of rotatable bonds is 7. The number of aliphatic hydroxyl groups is 1. The van der Waals surface area contributed by atoms with Crippen LogP contribution in [0.1, 0.15) is 35.5 Å². The standard InChI is InChI=1S/C23H22FN7O2S/c1-13-6-21(34-30-13)29-17-8-18(19-5-4-15-7-14(9-25)10-28-31(15)19)26-11-16(17)22(32)27-12-20(24)23(2,3)33/h4-8,10-11,20,33H,12H2,1-3H3,(H,26,29)(H,27,32)/t20-/m1/s1. The molecule has 4 rings (SSSR count). The minimum atomic E-state index is -1.64. The Hall–Kier alpha value is -3.88. The summed E-state index contributed by atoms with van der Waals surface area (Å²) in [5.41, 5.74) is 2.28. The topological polar surface area (TPSA) is 128 Å². The van der Waals surface area contributed by atoms with E-state index >= 15 is 0 Å². The fourth-order valence-electron chi connectivity index (χ4n) is 3.22. The quantitative estimate of drug-likeness (QED) is 0.369. The Balaban J connectivity index is 1.70. The van der Waals surface area contributed by atoms with Crippen LogP contribution in [-0.2, 0) is 0 Å². The van der Waals surface area contributed by atoms with Crippen LogP contribution in [0.3, 0.4) is 0 Å². The van der Waals surface area contributed by atoms with Crippen molar-refractivity contribution in [2.75, 3.05) is 11.9 Å². The highest BCUT2D eigenvalue weighted by atomic mass is 32.1. The van der Waals surface area contributed by atoms with Crippen LogP contribution >= 0.6 is 11.5 Å². The molecule has 0 aliphatic rings. The van der Waals surface area contributed by atoms with Gasteiger partial charge in [0, 0.05) is 6.20 Å². The lowest BCUT2D eigenvalue weighted by molar-refractivity contribution is -0.00177. The molecule has 0 aliphatic heterocycles. The van der Waals surface area contributed by atoms with Crippen molar-refractivity contribution in [2.24, 2.45) is 0 Å². The number of carbonyl (C=O) groups is 1. The highest BCUT2D eigenvalue weighted by molar-refractivity contribution is 7.10. The van der Waals surface area contributed by atoms with Crippen molar-refractivity contribution in [3.05, 3.63) is 59.5 Å². The van der Waals surface area contributed by atoms with Crippen LogP contribution in [0.15, 0.2) is 42.7 Å². The predicted molar refractivity (Wildman–Crippen MR) is 127 cm³/mol. The van der Waals surface area contributed by atoms with E-state index in [0.717, 1.165) is 16.2 Å². The van der Waals surface area contributed by atoms with Crippen molar-refractivity contribution >= 4 is 33.6 Å². The smallest absolute Gasteiger partial charge is 0.255 e. The van der Waals surface area contributed by atoms with Gasteiger partial charge >= 0.3 is 0 Å². The van der Waals surface area contributed by atoms with Gasteiger partial charge in [-0.3, -0.25) is 9.78 Å². The van der Waals surface area contributed by atoms with Gasteiger partial charge in [-0.05, 0) is 62.6 Å². The fraction of sp³-hybridized carbons (Fsp3) is 0.261. The third-order valence-corrected chi connectivity index (χ3v) is 5.93. The average molecular weight is 480 g/mol. The molecule has 9 nitrogen and oxygen atoms in total. The number of nitrogens with zero attached hydrogens (tertiary/aromatic N) is 5. The minimum absolute atomic E-state index is 0.207. The van der Waals surface area contributed by atoms with Gasteiger partial charge in [-0.25, -0.2) is 8.91 Å². The lowest BCUT2D eigenvalue weighted by atomic mass is 10.0. The average Bonchev–Trinajstić information content (AvgIpc) is 3.41. The second-order valence-electron chi connectivity index (χ2n) is 8.32. The van der Waals surface area contributed by atoms with E-state index in [1.165, 1.54) is 37.8 Å². The summed E-state index contributed by atoms with van der Waals surface area (Å²) in [6.07, 6.45) is 1.23. The number of nitrogens with one attached hydrogen (secondary N) is 2. The maximum Gasteiger partial charge on any atom is 0.255 e. The molecule has 4 heterocycles. The fourth-order valence-corrected chi connectivity index (χ4v) is 3.89. The number of carbonyl (C=O) groups excluding carboxylic acids is 1. The number of fused-ring (bicyclic) bond motifs is 1. The molecule has 0 aliphatic carbocycles. The molecule has 174 valence electrons. The number of hydrogen-bond donors (Lipinski definition) is 3. The van der Waals surface area contributed by atoms with E-state index in [9.17, 15) is 14.3 Å². The zero-order valence-corrected chi connectivity index (χ0v) is 19.5. The second kappa shape index (κ2) is 9.17. The van der Waals surface area contributed by atoms with Crippen LogP contribution in [-0.4, -0.2) is 48.3 Å². The van der Waals surface area contributed by atoms with E-state index in [0.29, 0.717) is 22.6 Å². The van der Waals surface area contributed by atoms with Crippen molar-refractivity contribution in [3.63, 3.8) is 0 Å². The first-order chi connectivity index (χ1) is 16.2. The lowest BCUT2D eigenvalue weighted by Crippen LogP contribution is -2.42. The Morgan fingerprint density at radius 1 is 1.32 bits per heavy atom. The molecular weight excluding hydrogens is 457 g/mol. The van der Waals surface area contributed by atoms with Crippen LogP contribution < -0.4 is 10.6 Å². The van der Waals surface area contributed by atoms with Crippen LogP contribution in [0.4, 0.5) is 15.1 Å². The van der Waals surface area contributed by atoms with Gasteiger partial charge in [-0.2, -0.15) is 14.7 Å². The molecule has 0 fully saturated rings. The molecule has 4 aromatic heterocycles. The predicted octanol–water partition coefficient (Wildman–Crippen LogP) is 3.62. The molecule has 0 unspecified atom stereocenters. The SMILES string of the molecule is Cc1cc(Nc2cc(-c3ccc4cc(C#N)cnn34)ncc2C(=O)NC[C@@H](F)C(C)(C)O)sn1. The molecule has 0 saturated carbocycles. The molecule has 34 heavy (non-hydrogen) atoms. The maximum absolute atomic E-state index is 14.2. The molecule has 4 aromatic rings. The van der Waals surface area contributed by atoms with Crippen LogP contribution in [0, 0.1) is 18.3 Å². The molecule has 11 heteroatoms. The molecule has 0 saturated heterocycles. The lowest BCUT2D eigenvalue weighted by Gasteiger charge is -2.22. The Labute approximate surface area is 199 Å². The molecule has 0 aromatic carbocycles. The van der Waals surface area contributed by atoms with Gasteiger partial charge in [0.1, 0.15) is 17.2 Å². The van der Waals surface area contributed by atoms with Gasteiger partial charge in [0.25, 0.3) is 5.91 Å². The number of aryl methyl sites for hydroxylation is 1. The number of anilines is 2. The number of amides is 1. The van der Waals surface area contributed by atoms with Gasteiger partial charge in [0.2, 0.25) is 0 Å². The first-order valence-electron chi connectivity index (χ1n) is 10.4.